The Morgan fingerprint density at radius 3 is 3.00 bits per heavy atom. The molecule has 1 aromatic carbocycles. The summed E-state index contributed by atoms with van der Waals surface area (Å²) in [6.45, 7) is 3.90. The van der Waals surface area contributed by atoms with Gasteiger partial charge in [-0.15, -0.1) is 0 Å². The van der Waals surface area contributed by atoms with Crippen LogP contribution in [-0.2, 0) is 13.0 Å². The molecule has 1 atom stereocenters. The Labute approximate surface area is 135 Å². The summed E-state index contributed by atoms with van der Waals surface area (Å²) in [5.41, 5.74) is 3.71. The second kappa shape index (κ2) is 5.93. The summed E-state index contributed by atoms with van der Waals surface area (Å²) in [6.07, 6.45) is 4.54. The monoisotopic (exact) mass is 306 g/mol. The van der Waals surface area contributed by atoms with Crippen LogP contribution in [-0.4, -0.2) is 26.6 Å². The Balaban J connectivity index is 1.52. The van der Waals surface area contributed by atoms with Crippen LogP contribution in [0.2, 0.25) is 0 Å². The number of pyridine rings is 1. The lowest BCUT2D eigenvalue weighted by Gasteiger charge is -2.34. The molecule has 0 saturated heterocycles. The summed E-state index contributed by atoms with van der Waals surface area (Å²) >= 11 is 0. The maximum Gasteiger partial charge on any atom is 0.241 e. The fourth-order valence-corrected chi connectivity index (χ4v) is 3.14. The Morgan fingerprint density at radius 1 is 1.22 bits per heavy atom. The van der Waals surface area contributed by atoms with E-state index >= 15 is 0 Å². The first-order valence-corrected chi connectivity index (χ1v) is 7.86. The average molecular weight is 306 g/mol. The van der Waals surface area contributed by atoms with Gasteiger partial charge >= 0.3 is 0 Å². The molecule has 5 nitrogen and oxygen atoms in total. The fraction of sp³-hybridized carbons (Fsp3) is 0.278. The Hall–Kier alpha value is -2.53. The summed E-state index contributed by atoms with van der Waals surface area (Å²) in [5.74, 6) is 1.24. The van der Waals surface area contributed by atoms with Crippen molar-refractivity contribution in [2.75, 3.05) is 6.54 Å². The van der Waals surface area contributed by atoms with E-state index in [1.165, 1.54) is 11.1 Å². The van der Waals surface area contributed by atoms with Crippen molar-refractivity contribution in [2.24, 2.45) is 0 Å². The molecule has 0 bridgehead atoms. The molecule has 3 heterocycles. The van der Waals surface area contributed by atoms with Gasteiger partial charge in [0, 0.05) is 30.5 Å². The van der Waals surface area contributed by atoms with Gasteiger partial charge in [-0.3, -0.25) is 9.88 Å². The Bertz CT molecular complexity index is 800. The zero-order chi connectivity index (χ0) is 15.6. The molecule has 116 valence electrons. The zero-order valence-corrected chi connectivity index (χ0v) is 13.0. The van der Waals surface area contributed by atoms with Crippen molar-refractivity contribution in [1.29, 1.82) is 0 Å². The van der Waals surface area contributed by atoms with E-state index < -0.39 is 0 Å². The van der Waals surface area contributed by atoms with E-state index in [1.807, 2.05) is 12.1 Å². The van der Waals surface area contributed by atoms with Crippen LogP contribution in [0.4, 0.5) is 0 Å². The number of rotatable bonds is 3. The lowest BCUT2D eigenvalue weighted by atomic mass is 9.94. The lowest BCUT2D eigenvalue weighted by molar-refractivity contribution is 0.165. The van der Waals surface area contributed by atoms with E-state index in [4.69, 9.17) is 4.52 Å². The molecule has 0 aliphatic carbocycles. The molecule has 0 amide bonds. The molecule has 23 heavy (non-hydrogen) atoms. The van der Waals surface area contributed by atoms with Crippen LogP contribution in [0.3, 0.4) is 0 Å². The number of benzene rings is 1. The molecular formula is C18H18N4O. The average Bonchev–Trinajstić information content (AvgIpc) is 3.07. The number of fused-ring (bicyclic) bond motifs is 1. The maximum atomic E-state index is 5.43. The van der Waals surface area contributed by atoms with Crippen LogP contribution < -0.4 is 0 Å². The number of aromatic nitrogens is 3. The van der Waals surface area contributed by atoms with Crippen molar-refractivity contribution < 1.29 is 4.52 Å². The number of nitrogens with zero attached hydrogens (tertiary/aromatic N) is 4. The molecule has 1 aliphatic rings. The molecule has 5 heteroatoms. The van der Waals surface area contributed by atoms with E-state index in [-0.39, 0.29) is 0 Å². The van der Waals surface area contributed by atoms with Gasteiger partial charge in [0.2, 0.25) is 11.7 Å². The van der Waals surface area contributed by atoms with Crippen molar-refractivity contribution in [2.45, 2.75) is 25.9 Å². The highest BCUT2D eigenvalue weighted by atomic mass is 16.5. The van der Waals surface area contributed by atoms with Crippen molar-refractivity contribution in [3.05, 3.63) is 65.8 Å². The highest BCUT2D eigenvalue weighted by Gasteiger charge is 2.25. The van der Waals surface area contributed by atoms with Gasteiger partial charge in [-0.05, 0) is 36.6 Å². The standard InChI is InChI=1S/C18H18N4O/c1-13-16-7-3-2-5-14(16)8-10-22(13)12-17-20-18(21-23-17)15-6-4-9-19-11-15/h2-7,9,11,13H,8,10,12H2,1H3/t13-/m0/s1. The summed E-state index contributed by atoms with van der Waals surface area (Å²) in [7, 11) is 0. The van der Waals surface area contributed by atoms with Gasteiger partial charge in [0.25, 0.3) is 0 Å². The minimum Gasteiger partial charge on any atom is -0.338 e. The predicted molar refractivity (Wildman–Crippen MR) is 86.5 cm³/mol. The van der Waals surface area contributed by atoms with Gasteiger partial charge in [0.05, 0.1) is 6.54 Å². The quantitative estimate of drug-likeness (QED) is 0.743. The summed E-state index contributed by atoms with van der Waals surface area (Å²) in [6, 6.07) is 12.8. The van der Waals surface area contributed by atoms with Gasteiger partial charge in [0.15, 0.2) is 0 Å². The van der Waals surface area contributed by atoms with Gasteiger partial charge < -0.3 is 4.52 Å². The smallest absolute Gasteiger partial charge is 0.241 e. The lowest BCUT2D eigenvalue weighted by Crippen LogP contribution is -2.33. The SMILES string of the molecule is C[C@H]1c2ccccc2CCN1Cc1nc(-c2cccnc2)no1. The first-order valence-electron chi connectivity index (χ1n) is 7.86. The maximum absolute atomic E-state index is 5.43. The van der Waals surface area contributed by atoms with Crippen molar-refractivity contribution >= 4 is 0 Å². The van der Waals surface area contributed by atoms with Crippen LogP contribution in [0, 0.1) is 0 Å². The van der Waals surface area contributed by atoms with Gasteiger partial charge in [-0.1, -0.05) is 29.4 Å². The van der Waals surface area contributed by atoms with E-state index in [0.717, 1.165) is 18.5 Å². The molecule has 0 N–H and O–H groups in total. The van der Waals surface area contributed by atoms with Crippen LogP contribution in [0.25, 0.3) is 11.4 Å². The fourth-order valence-electron chi connectivity index (χ4n) is 3.14. The third-order valence-electron chi connectivity index (χ3n) is 4.45. The highest BCUT2D eigenvalue weighted by Crippen LogP contribution is 2.30. The molecule has 0 spiro atoms. The molecule has 0 radical (unpaired) electrons. The second-order valence-electron chi connectivity index (χ2n) is 5.85. The largest absolute Gasteiger partial charge is 0.338 e. The van der Waals surface area contributed by atoms with Crippen molar-refractivity contribution in [3.8, 4) is 11.4 Å². The molecule has 0 saturated carbocycles. The molecule has 3 aromatic rings. The molecule has 2 aromatic heterocycles. The molecule has 1 aliphatic heterocycles. The minimum atomic E-state index is 0.355. The Morgan fingerprint density at radius 2 is 2.13 bits per heavy atom. The van der Waals surface area contributed by atoms with Crippen LogP contribution in [0.1, 0.15) is 30.0 Å². The first kappa shape index (κ1) is 14.1. The van der Waals surface area contributed by atoms with E-state index in [1.54, 1.807) is 12.4 Å². The van der Waals surface area contributed by atoms with Gasteiger partial charge in [0.1, 0.15) is 0 Å². The Kier molecular flexibility index (Phi) is 3.63. The van der Waals surface area contributed by atoms with E-state index in [9.17, 15) is 0 Å². The molecule has 0 unspecified atom stereocenters. The topological polar surface area (TPSA) is 55.1 Å². The summed E-state index contributed by atoms with van der Waals surface area (Å²) in [4.78, 5) is 11.0. The first-order chi connectivity index (χ1) is 11.3. The van der Waals surface area contributed by atoms with Crippen LogP contribution in [0.5, 0.6) is 0 Å². The normalized spacial score (nSPS) is 17.9. The number of hydrogen-bond donors (Lipinski definition) is 0. The zero-order valence-electron chi connectivity index (χ0n) is 13.0. The molecular weight excluding hydrogens is 288 g/mol. The summed E-state index contributed by atoms with van der Waals surface area (Å²) < 4.78 is 5.43. The highest BCUT2D eigenvalue weighted by molar-refractivity contribution is 5.51. The molecule has 4 rings (SSSR count). The third-order valence-corrected chi connectivity index (χ3v) is 4.45. The third kappa shape index (κ3) is 2.75. The van der Waals surface area contributed by atoms with Crippen molar-refractivity contribution in [3.63, 3.8) is 0 Å². The minimum absolute atomic E-state index is 0.355. The van der Waals surface area contributed by atoms with E-state index in [2.05, 4.69) is 51.2 Å². The van der Waals surface area contributed by atoms with E-state index in [0.29, 0.717) is 24.3 Å². The van der Waals surface area contributed by atoms with Gasteiger partial charge in [-0.2, -0.15) is 4.98 Å². The predicted octanol–water partition coefficient (Wildman–Crippen LogP) is 3.25. The number of hydrogen-bond acceptors (Lipinski definition) is 5. The van der Waals surface area contributed by atoms with Crippen LogP contribution in [0.15, 0.2) is 53.3 Å². The van der Waals surface area contributed by atoms with Crippen LogP contribution >= 0.6 is 0 Å². The van der Waals surface area contributed by atoms with Crippen molar-refractivity contribution in [1.82, 2.24) is 20.0 Å². The molecule has 0 fully saturated rings. The second-order valence-corrected chi connectivity index (χ2v) is 5.85. The summed E-state index contributed by atoms with van der Waals surface area (Å²) in [5, 5.41) is 4.07. The van der Waals surface area contributed by atoms with Gasteiger partial charge in [-0.25, -0.2) is 0 Å².